The zero-order valence-electron chi connectivity index (χ0n) is 11.5. The summed E-state index contributed by atoms with van der Waals surface area (Å²) in [5.41, 5.74) is 4.86. The Hall–Kier alpha value is -0.610. The van der Waals surface area contributed by atoms with E-state index in [0.29, 0.717) is 0 Å². The van der Waals surface area contributed by atoms with Gasteiger partial charge in [-0.15, -0.1) is 0 Å². The van der Waals surface area contributed by atoms with E-state index in [-0.39, 0.29) is 5.91 Å². The number of nitrogens with one attached hydrogen (secondary N) is 1. The fourth-order valence-electron chi connectivity index (χ4n) is 2.21. The lowest BCUT2D eigenvalue weighted by Gasteiger charge is -2.27. The maximum Gasteiger partial charge on any atom is 0.237 e. The van der Waals surface area contributed by atoms with Crippen LogP contribution in [0.25, 0.3) is 0 Å². The molecule has 0 bridgehead atoms. The first kappa shape index (κ1) is 14.5. The summed E-state index contributed by atoms with van der Waals surface area (Å²) in [6.45, 7) is 6.37. The molecule has 0 aromatic heterocycles. The second kappa shape index (κ2) is 6.36. The van der Waals surface area contributed by atoms with E-state index < -0.39 is 5.54 Å². The van der Waals surface area contributed by atoms with Gasteiger partial charge in [-0.1, -0.05) is 6.92 Å². The summed E-state index contributed by atoms with van der Waals surface area (Å²) in [7, 11) is 1.80. The minimum absolute atomic E-state index is 0.256. The molecule has 0 aliphatic heterocycles. The number of hydrogen-bond acceptors (Lipinski definition) is 3. The minimum atomic E-state index is -0.554. The zero-order valence-corrected chi connectivity index (χ0v) is 11.5. The number of carbonyl (C=O) groups excluding carboxylic acids is 1. The van der Waals surface area contributed by atoms with E-state index in [2.05, 4.69) is 17.1 Å². The molecule has 1 aliphatic carbocycles. The molecule has 4 heteroatoms. The third-order valence-corrected chi connectivity index (χ3v) is 3.79. The van der Waals surface area contributed by atoms with Crippen molar-refractivity contribution in [2.45, 2.75) is 57.5 Å². The van der Waals surface area contributed by atoms with Gasteiger partial charge >= 0.3 is 0 Å². The second-order valence-corrected chi connectivity index (χ2v) is 5.32. The Morgan fingerprint density at radius 3 is 2.53 bits per heavy atom. The molecule has 0 saturated heterocycles. The van der Waals surface area contributed by atoms with E-state index in [0.717, 1.165) is 25.4 Å². The number of amides is 1. The van der Waals surface area contributed by atoms with Crippen LogP contribution in [0.4, 0.5) is 0 Å². The summed E-state index contributed by atoms with van der Waals surface area (Å²) < 4.78 is 0. The van der Waals surface area contributed by atoms with Crippen molar-refractivity contribution in [1.29, 1.82) is 0 Å². The van der Waals surface area contributed by atoms with Gasteiger partial charge < -0.3 is 16.0 Å². The summed E-state index contributed by atoms with van der Waals surface area (Å²) in [5, 5.41) is 3.04. The smallest absolute Gasteiger partial charge is 0.237 e. The van der Waals surface area contributed by atoms with Crippen LogP contribution in [0.2, 0.25) is 0 Å². The molecule has 1 aliphatic rings. The van der Waals surface area contributed by atoms with Crippen molar-refractivity contribution < 1.29 is 4.79 Å². The molecule has 0 aromatic rings. The van der Waals surface area contributed by atoms with Crippen molar-refractivity contribution in [3.8, 4) is 0 Å². The molecule has 1 atom stereocenters. The first-order valence-electron chi connectivity index (χ1n) is 6.76. The maximum absolute atomic E-state index is 11.3. The Bertz CT molecular complexity index is 253. The highest BCUT2D eigenvalue weighted by atomic mass is 16.1. The monoisotopic (exact) mass is 241 g/mol. The predicted octanol–water partition coefficient (Wildman–Crippen LogP) is 1.10. The van der Waals surface area contributed by atoms with Crippen molar-refractivity contribution in [3.63, 3.8) is 0 Å². The third kappa shape index (κ3) is 4.28. The van der Waals surface area contributed by atoms with Crippen LogP contribution in [0.5, 0.6) is 0 Å². The minimum Gasteiger partial charge on any atom is -0.368 e. The largest absolute Gasteiger partial charge is 0.368 e. The SMILES string of the molecule is CCCN(CCCC(C)(NC)C(N)=O)C1CC1. The van der Waals surface area contributed by atoms with Crippen LogP contribution in [0.3, 0.4) is 0 Å². The Morgan fingerprint density at radius 2 is 2.12 bits per heavy atom. The average Bonchev–Trinajstić information content (AvgIpc) is 3.11. The van der Waals surface area contributed by atoms with Gasteiger partial charge in [0.2, 0.25) is 5.91 Å². The van der Waals surface area contributed by atoms with Gasteiger partial charge in [-0.05, 0) is 59.2 Å². The fourth-order valence-corrected chi connectivity index (χ4v) is 2.21. The summed E-state index contributed by atoms with van der Waals surface area (Å²) in [4.78, 5) is 13.9. The third-order valence-electron chi connectivity index (χ3n) is 3.79. The van der Waals surface area contributed by atoms with Crippen LogP contribution in [0.1, 0.15) is 46.0 Å². The van der Waals surface area contributed by atoms with E-state index in [4.69, 9.17) is 5.73 Å². The average molecular weight is 241 g/mol. The number of nitrogens with zero attached hydrogens (tertiary/aromatic N) is 1. The molecular formula is C13H27N3O. The number of primary amides is 1. The van der Waals surface area contributed by atoms with E-state index >= 15 is 0 Å². The molecule has 1 saturated carbocycles. The molecule has 1 rings (SSSR count). The van der Waals surface area contributed by atoms with Crippen molar-refractivity contribution in [3.05, 3.63) is 0 Å². The van der Waals surface area contributed by atoms with E-state index in [1.807, 2.05) is 6.92 Å². The summed E-state index contributed by atoms with van der Waals surface area (Å²) in [5.74, 6) is -0.256. The molecule has 4 nitrogen and oxygen atoms in total. The lowest BCUT2D eigenvalue weighted by atomic mass is 9.95. The van der Waals surface area contributed by atoms with E-state index in [9.17, 15) is 4.79 Å². The Balaban J connectivity index is 2.31. The van der Waals surface area contributed by atoms with Crippen LogP contribution in [0.15, 0.2) is 0 Å². The normalized spacial score (nSPS) is 19.3. The highest BCUT2D eigenvalue weighted by molar-refractivity contribution is 5.84. The number of hydrogen-bond donors (Lipinski definition) is 2. The highest BCUT2D eigenvalue weighted by Crippen LogP contribution is 2.27. The van der Waals surface area contributed by atoms with Gasteiger partial charge in [0.25, 0.3) is 0 Å². The van der Waals surface area contributed by atoms with Crippen molar-refractivity contribution in [2.24, 2.45) is 5.73 Å². The number of rotatable bonds is 9. The first-order valence-corrected chi connectivity index (χ1v) is 6.76. The molecule has 100 valence electrons. The molecule has 1 unspecified atom stereocenters. The van der Waals surface area contributed by atoms with Crippen molar-refractivity contribution in [2.75, 3.05) is 20.1 Å². The fraction of sp³-hybridized carbons (Fsp3) is 0.923. The van der Waals surface area contributed by atoms with Crippen LogP contribution in [-0.2, 0) is 4.79 Å². The molecule has 0 radical (unpaired) electrons. The predicted molar refractivity (Wildman–Crippen MR) is 70.8 cm³/mol. The van der Waals surface area contributed by atoms with E-state index in [1.165, 1.54) is 25.8 Å². The number of carbonyl (C=O) groups is 1. The van der Waals surface area contributed by atoms with Gasteiger partial charge in [-0.25, -0.2) is 0 Å². The summed E-state index contributed by atoms with van der Waals surface area (Å²) in [6, 6.07) is 0.810. The number of likely N-dealkylation sites (N-methyl/N-ethyl adjacent to an activating group) is 1. The standard InChI is InChI=1S/C13H27N3O/c1-4-9-16(11-6-7-11)10-5-8-13(2,15-3)12(14)17/h11,15H,4-10H2,1-3H3,(H2,14,17). The van der Waals surface area contributed by atoms with E-state index in [1.54, 1.807) is 7.05 Å². The molecule has 1 amide bonds. The quantitative estimate of drug-likeness (QED) is 0.635. The molecule has 0 aromatic carbocycles. The second-order valence-electron chi connectivity index (χ2n) is 5.32. The molecule has 3 N–H and O–H groups in total. The lowest BCUT2D eigenvalue weighted by Crippen LogP contribution is -2.51. The van der Waals surface area contributed by atoms with Gasteiger partial charge in [0, 0.05) is 6.04 Å². The van der Waals surface area contributed by atoms with Crippen molar-refractivity contribution in [1.82, 2.24) is 10.2 Å². The topological polar surface area (TPSA) is 58.4 Å². The van der Waals surface area contributed by atoms with Crippen molar-refractivity contribution >= 4 is 5.91 Å². The summed E-state index contributed by atoms with van der Waals surface area (Å²) >= 11 is 0. The first-order chi connectivity index (χ1) is 8.03. The molecule has 1 fully saturated rings. The van der Waals surface area contributed by atoms with Crippen LogP contribution in [0, 0.1) is 0 Å². The van der Waals surface area contributed by atoms with Gasteiger partial charge in [0.05, 0.1) is 5.54 Å². The molecule has 0 spiro atoms. The van der Waals surface area contributed by atoms with Gasteiger partial charge in [-0.2, -0.15) is 0 Å². The van der Waals surface area contributed by atoms with Gasteiger partial charge in [0.15, 0.2) is 0 Å². The lowest BCUT2D eigenvalue weighted by molar-refractivity contribution is -0.123. The molecule has 0 heterocycles. The molecule has 17 heavy (non-hydrogen) atoms. The van der Waals surface area contributed by atoms with Gasteiger partial charge in [0.1, 0.15) is 0 Å². The maximum atomic E-state index is 11.3. The van der Waals surface area contributed by atoms with Crippen LogP contribution < -0.4 is 11.1 Å². The summed E-state index contributed by atoms with van der Waals surface area (Å²) in [6.07, 6.45) is 5.73. The van der Waals surface area contributed by atoms with Crippen LogP contribution >= 0.6 is 0 Å². The highest BCUT2D eigenvalue weighted by Gasteiger charge is 2.31. The zero-order chi connectivity index (χ0) is 12.9. The van der Waals surface area contributed by atoms with Gasteiger partial charge in [-0.3, -0.25) is 4.79 Å². The molecular weight excluding hydrogens is 214 g/mol. The Kier molecular flexibility index (Phi) is 5.40. The number of nitrogens with two attached hydrogens (primary N) is 1. The Morgan fingerprint density at radius 1 is 1.47 bits per heavy atom. The Labute approximate surface area is 105 Å². The van der Waals surface area contributed by atoms with Crippen LogP contribution in [-0.4, -0.2) is 42.5 Å².